The van der Waals surface area contributed by atoms with Crippen LogP contribution in [0.2, 0.25) is 0 Å². The van der Waals surface area contributed by atoms with E-state index in [2.05, 4.69) is 56.7 Å². The van der Waals surface area contributed by atoms with Crippen molar-refractivity contribution < 1.29 is 9.90 Å². The topological polar surface area (TPSA) is 120 Å². The van der Waals surface area contributed by atoms with Gasteiger partial charge in [0, 0.05) is 17.8 Å². The summed E-state index contributed by atoms with van der Waals surface area (Å²) in [7, 11) is 2.22. The predicted molar refractivity (Wildman–Crippen MR) is 156 cm³/mol. The van der Waals surface area contributed by atoms with Crippen LogP contribution in [-0.4, -0.2) is 82.2 Å². The monoisotopic (exact) mass is 535 g/mol. The van der Waals surface area contributed by atoms with Gasteiger partial charge in [0.15, 0.2) is 11.5 Å². The number of carbonyl (C=O) groups is 1. The molecule has 0 spiro atoms. The first-order valence-electron chi connectivity index (χ1n) is 14.8. The van der Waals surface area contributed by atoms with E-state index in [4.69, 9.17) is 10.7 Å². The highest BCUT2D eigenvalue weighted by atomic mass is 16.3. The first-order valence-corrected chi connectivity index (χ1v) is 14.8. The van der Waals surface area contributed by atoms with Gasteiger partial charge in [0.05, 0.1) is 11.8 Å². The van der Waals surface area contributed by atoms with Crippen molar-refractivity contribution >= 4 is 23.2 Å². The maximum Gasteiger partial charge on any atom is 0.271 e. The van der Waals surface area contributed by atoms with E-state index in [1.807, 2.05) is 6.92 Å². The lowest BCUT2D eigenvalue weighted by atomic mass is 9.88. The third kappa shape index (κ3) is 6.88. The maximum atomic E-state index is 12.3. The molecule has 2 aromatic rings. The number of hydrogen-bond donors (Lipinski definition) is 4. The van der Waals surface area contributed by atoms with Crippen molar-refractivity contribution in [3.8, 4) is 0 Å². The minimum absolute atomic E-state index is 0.154. The quantitative estimate of drug-likeness (QED) is 0.402. The van der Waals surface area contributed by atoms with Crippen molar-refractivity contribution in [2.45, 2.75) is 88.8 Å². The average molecular weight is 536 g/mol. The van der Waals surface area contributed by atoms with Crippen molar-refractivity contribution in [2.24, 2.45) is 5.73 Å². The van der Waals surface area contributed by atoms with E-state index in [9.17, 15) is 9.90 Å². The molecule has 2 saturated heterocycles. The Morgan fingerprint density at radius 3 is 2.23 bits per heavy atom. The molecule has 39 heavy (non-hydrogen) atoms. The number of aliphatic hydroxyl groups excluding tert-OH is 1. The number of hydrogen-bond acceptors (Lipinski definition) is 8. The lowest BCUT2D eigenvalue weighted by Crippen LogP contribution is -2.46. The second kappa shape index (κ2) is 12.6. The van der Waals surface area contributed by atoms with Crippen LogP contribution >= 0.6 is 0 Å². The lowest BCUT2D eigenvalue weighted by molar-refractivity contribution is 0.0966. The number of benzene rings is 1. The van der Waals surface area contributed by atoms with Crippen molar-refractivity contribution in [3.63, 3.8) is 0 Å². The summed E-state index contributed by atoms with van der Waals surface area (Å²) < 4.78 is 0. The zero-order valence-electron chi connectivity index (χ0n) is 23.5. The molecule has 9 nitrogen and oxygen atoms in total. The Hall–Kier alpha value is -2.75. The molecule has 212 valence electrons. The molecular weight excluding hydrogens is 490 g/mol. The van der Waals surface area contributed by atoms with Crippen molar-refractivity contribution in [3.05, 3.63) is 41.2 Å². The fourth-order valence-electron chi connectivity index (χ4n) is 6.44. The van der Waals surface area contributed by atoms with Crippen LogP contribution in [0, 0.1) is 0 Å². The number of anilines is 3. The molecule has 3 aliphatic rings. The van der Waals surface area contributed by atoms with Gasteiger partial charge >= 0.3 is 0 Å². The SMILES string of the molecule is CCc1nc(C(N)=O)c(Nc2ccc(C3CCN(C4CCN(C)CC4)CC3)cc2)nc1NC1CCC(O)CC1. The number of aliphatic hydroxyl groups is 1. The number of likely N-dealkylation sites (tertiary alicyclic amines) is 2. The van der Waals surface area contributed by atoms with E-state index in [0.29, 0.717) is 24.0 Å². The van der Waals surface area contributed by atoms with Gasteiger partial charge in [-0.25, -0.2) is 9.97 Å². The van der Waals surface area contributed by atoms with E-state index in [-0.39, 0.29) is 17.8 Å². The van der Waals surface area contributed by atoms with E-state index in [1.54, 1.807) is 0 Å². The first kappa shape index (κ1) is 27.8. The summed E-state index contributed by atoms with van der Waals surface area (Å²) >= 11 is 0. The fraction of sp³-hybridized carbons (Fsp3) is 0.633. The molecule has 5 rings (SSSR count). The summed E-state index contributed by atoms with van der Waals surface area (Å²) in [6.45, 7) is 6.77. The number of rotatable bonds is 8. The first-order chi connectivity index (χ1) is 18.9. The molecule has 0 radical (unpaired) electrons. The molecule has 1 saturated carbocycles. The largest absolute Gasteiger partial charge is 0.393 e. The molecule has 0 unspecified atom stereocenters. The van der Waals surface area contributed by atoms with Gasteiger partial charge in [-0.1, -0.05) is 19.1 Å². The number of aromatic nitrogens is 2. The highest BCUT2D eigenvalue weighted by Crippen LogP contribution is 2.32. The molecule has 3 fully saturated rings. The Bertz CT molecular complexity index is 1100. The third-order valence-corrected chi connectivity index (χ3v) is 8.95. The zero-order chi connectivity index (χ0) is 27.4. The van der Waals surface area contributed by atoms with Crippen LogP contribution < -0.4 is 16.4 Å². The second-order valence-electron chi connectivity index (χ2n) is 11.7. The number of primary amides is 1. The summed E-state index contributed by atoms with van der Waals surface area (Å²) in [4.78, 5) is 26.8. The number of amides is 1. The Balaban J connectivity index is 1.24. The van der Waals surface area contributed by atoms with E-state index < -0.39 is 5.91 Å². The van der Waals surface area contributed by atoms with Gasteiger partial charge in [0.25, 0.3) is 5.91 Å². The van der Waals surface area contributed by atoms with Crippen LogP contribution in [0.5, 0.6) is 0 Å². The number of aryl methyl sites for hydroxylation is 1. The minimum Gasteiger partial charge on any atom is -0.393 e. The summed E-state index contributed by atoms with van der Waals surface area (Å²) in [6.07, 6.45) is 8.71. The van der Waals surface area contributed by atoms with E-state index in [0.717, 1.165) is 43.1 Å². The Morgan fingerprint density at radius 2 is 1.62 bits per heavy atom. The lowest BCUT2D eigenvalue weighted by Gasteiger charge is -2.41. The highest BCUT2D eigenvalue weighted by molar-refractivity contribution is 5.96. The molecule has 0 atom stereocenters. The standard InChI is InChI=1S/C30H45N7O2/c1-3-26-29(32-23-8-10-25(38)11-9-23)35-30(27(34-26)28(31)39)33-22-6-4-20(5-7-22)21-12-18-37(19-13-21)24-14-16-36(2)17-15-24/h4-7,21,23-25,38H,3,8-19H2,1-2H3,(H2,31,39)(H2,32,33,35). The molecular formula is C30H45N7O2. The number of nitrogens with one attached hydrogen (secondary N) is 2. The molecule has 1 amide bonds. The highest BCUT2D eigenvalue weighted by Gasteiger charge is 2.28. The summed E-state index contributed by atoms with van der Waals surface area (Å²) in [5, 5.41) is 16.7. The van der Waals surface area contributed by atoms with Gasteiger partial charge in [-0.3, -0.25) is 4.79 Å². The van der Waals surface area contributed by atoms with Crippen molar-refractivity contribution in [1.82, 2.24) is 19.8 Å². The molecule has 9 heteroatoms. The predicted octanol–water partition coefficient (Wildman–Crippen LogP) is 3.87. The number of nitrogens with two attached hydrogens (primary N) is 1. The Labute approximate surface area is 232 Å². The van der Waals surface area contributed by atoms with Gasteiger partial charge < -0.3 is 31.3 Å². The van der Waals surface area contributed by atoms with Crippen molar-refractivity contribution in [2.75, 3.05) is 43.9 Å². The van der Waals surface area contributed by atoms with Gasteiger partial charge in [-0.2, -0.15) is 0 Å². The van der Waals surface area contributed by atoms with Crippen LogP contribution in [0.1, 0.15) is 86.0 Å². The average Bonchev–Trinajstić information content (AvgIpc) is 2.95. The summed E-state index contributed by atoms with van der Waals surface area (Å²) in [6, 6.07) is 9.50. The molecule has 1 aromatic heterocycles. The van der Waals surface area contributed by atoms with E-state index in [1.165, 1.54) is 57.4 Å². The molecule has 2 aliphatic heterocycles. The Kier molecular flexibility index (Phi) is 8.99. The second-order valence-corrected chi connectivity index (χ2v) is 11.7. The minimum atomic E-state index is -0.597. The summed E-state index contributed by atoms with van der Waals surface area (Å²) in [5.41, 5.74) is 8.80. The van der Waals surface area contributed by atoms with Gasteiger partial charge in [0.2, 0.25) is 0 Å². The normalized spacial score (nSPS) is 24.0. The Morgan fingerprint density at radius 1 is 0.949 bits per heavy atom. The van der Waals surface area contributed by atoms with Crippen LogP contribution in [0.15, 0.2) is 24.3 Å². The van der Waals surface area contributed by atoms with Crippen LogP contribution in [-0.2, 0) is 6.42 Å². The number of nitrogens with zero attached hydrogens (tertiary/aromatic N) is 4. The number of piperidine rings is 2. The van der Waals surface area contributed by atoms with Gasteiger partial charge in [-0.15, -0.1) is 0 Å². The summed E-state index contributed by atoms with van der Waals surface area (Å²) in [5.74, 6) is 1.04. The third-order valence-electron chi connectivity index (χ3n) is 8.95. The molecule has 1 aromatic carbocycles. The van der Waals surface area contributed by atoms with Gasteiger partial charge in [0.1, 0.15) is 5.82 Å². The molecule has 5 N–H and O–H groups in total. The van der Waals surface area contributed by atoms with Crippen LogP contribution in [0.3, 0.4) is 0 Å². The van der Waals surface area contributed by atoms with Crippen LogP contribution in [0.4, 0.5) is 17.3 Å². The molecule has 0 bridgehead atoms. The smallest absolute Gasteiger partial charge is 0.271 e. The maximum absolute atomic E-state index is 12.3. The van der Waals surface area contributed by atoms with Crippen molar-refractivity contribution in [1.29, 1.82) is 0 Å². The van der Waals surface area contributed by atoms with Crippen LogP contribution in [0.25, 0.3) is 0 Å². The number of carbonyl (C=O) groups excluding carboxylic acids is 1. The van der Waals surface area contributed by atoms with Gasteiger partial charge in [-0.05, 0) is 115 Å². The fourth-order valence-corrected chi connectivity index (χ4v) is 6.44. The zero-order valence-corrected chi connectivity index (χ0v) is 23.5. The molecule has 1 aliphatic carbocycles. The van der Waals surface area contributed by atoms with E-state index >= 15 is 0 Å². The molecule has 3 heterocycles.